The predicted molar refractivity (Wildman–Crippen MR) is 82.6 cm³/mol. The van der Waals surface area contributed by atoms with Crippen LogP contribution in [-0.4, -0.2) is 77.6 Å². The summed E-state index contributed by atoms with van der Waals surface area (Å²) in [6.07, 6.45) is 3.87. The Labute approximate surface area is 131 Å². The number of hydrogen-bond donors (Lipinski definition) is 1. The van der Waals surface area contributed by atoms with Crippen LogP contribution in [0.3, 0.4) is 0 Å². The number of carbonyl (C=O) groups is 1. The fourth-order valence-electron chi connectivity index (χ4n) is 2.80. The first-order valence-electron chi connectivity index (χ1n) is 7.71. The van der Waals surface area contributed by atoms with Gasteiger partial charge in [0, 0.05) is 43.9 Å². The normalized spacial score (nSPS) is 20.2. The largest absolute Gasteiger partial charge is 0.481 e. The van der Waals surface area contributed by atoms with E-state index < -0.39 is 5.97 Å². The molecular formula is C15H26N4O3. The van der Waals surface area contributed by atoms with Crippen molar-refractivity contribution in [3.63, 3.8) is 0 Å². The van der Waals surface area contributed by atoms with Gasteiger partial charge in [-0.15, -0.1) is 0 Å². The summed E-state index contributed by atoms with van der Waals surface area (Å²) in [5.74, 6) is -0.284. The van der Waals surface area contributed by atoms with Gasteiger partial charge in [0.1, 0.15) is 0 Å². The van der Waals surface area contributed by atoms with E-state index in [2.05, 4.69) is 29.0 Å². The van der Waals surface area contributed by atoms with Gasteiger partial charge >= 0.3 is 5.97 Å². The Balaban J connectivity index is 1.87. The summed E-state index contributed by atoms with van der Waals surface area (Å²) in [6, 6.07) is 0. The monoisotopic (exact) mass is 310 g/mol. The molecule has 7 nitrogen and oxygen atoms in total. The summed E-state index contributed by atoms with van der Waals surface area (Å²) in [7, 11) is 4.17. The van der Waals surface area contributed by atoms with Gasteiger partial charge in [-0.2, -0.15) is 5.10 Å². The fourth-order valence-corrected chi connectivity index (χ4v) is 2.80. The van der Waals surface area contributed by atoms with E-state index in [1.54, 1.807) is 4.68 Å². The SMILES string of the molecule is CN(C)CC1COCCN(Cc2cnn(CCC(=O)O)c2)C1. The molecular weight excluding hydrogens is 284 g/mol. The van der Waals surface area contributed by atoms with Crippen LogP contribution in [0, 0.1) is 5.92 Å². The first-order chi connectivity index (χ1) is 10.5. The van der Waals surface area contributed by atoms with E-state index in [0.717, 1.165) is 45.0 Å². The van der Waals surface area contributed by atoms with E-state index in [9.17, 15) is 4.79 Å². The van der Waals surface area contributed by atoms with E-state index in [4.69, 9.17) is 9.84 Å². The molecule has 2 heterocycles. The van der Waals surface area contributed by atoms with Gasteiger partial charge in [-0.05, 0) is 14.1 Å². The van der Waals surface area contributed by atoms with Crippen molar-refractivity contribution in [2.24, 2.45) is 5.92 Å². The zero-order valence-corrected chi connectivity index (χ0v) is 13.4. The molecule has 1 atom stereocenters. The molecule has 0 aliphatic carbocycles. The molecule has 2 rings (SSSR count). The van der Waals surface area contributed by atoms with Crippen molar-refractivity contribution in [3.8, 4) is 0 Å². The lowest BCUT2D eigenvalue weighted by Gasteiger charge is -2.24. The molecule has 1 N–H and O–H groups in total. The first kappa shape index (κ1) is 16.9. The van der Waals surface area contributed by atoms with Gasteiger partial charge in [0.15, 0.2) is 0 Å². The number of ether oxygens (including phenoxy) is 1. The number of hydrogen-bond acceptors (Lipinski definition) is 5. The number of aliphatic carboxylic acids is 1. The average molecular weight is 310 g/mol. The number of carboxylic acid groups (broad SMARTS) is 1. The van der Waals surface area contributed by atoms with Crippen LogP contribution in [0.2, 0.25) is 0 Å². The van der Waals surface area contributed by atoms with Crippen LogP contribution >= 0.6 is 0 Å². The molecule has 7 heteroatoms. The summed E-state index contributed by atoms with van der Waals surface area (Å²) in [5.41, 5.74) is 1.12. The molecule has 124 valence electrons. The molecule has 22 heavy (non-hydrogen) atoms. The maximum Gasteiger partial charge on any atom is 0.305 e. The van der Waals surface area contributed by atoms with Gasteiger partial charge < -0.3 is 14.7 Å². The van der Waals surface area contributed by atoms with E-state index >= 15 is 0 Å². The van der Waals surface area contributed by atoms with Crippen molar-refractivity contribution in [1.82, 2.24) is 19.6 Å². The number of nitrogens with zero attached hydrogens (tertiary/aromatic N) is 4. The lowest BCUT2D eigenvalue weighted by atomic mass is 10.1. The Morgan fingerprint density at radius 3 is 3.09 bits per heavy atom. The van der Waals surface area contributed by atoms with Crippen molar-refractivity contribution in [2.45, 2.75) is 19.5 Å². The highest BCUT2D eigenvalue weighted by atomic mass is 16.5. The summed E-state index contributed by atoms with van der Waals surface area (Å²) in [5, 5.41) is 12.9. The Bertz CT molecular complexity index is 475. The minimum atomic E-state index is -0.798. The minimum absolute atomic E-state index is 0.101. The molecule has 1 aliphatic heterocycles. The minimum Gasteiger partial charge on any atom is -0.481 e. The summed E-state index contributed by atoms with van der Waals surface area (Å²) < 4.78 is 7.40. The number of aromatic nitrogens is 2. The second-order valence-corrected chi connectivity index (χ2v) is 6.19. The van der Waals surface area contributed by atoms with E-state index in [1.165, 1.54) is 0 Å². The first-order valence-corrected chi connectivity index (χ1v) is 7.71. The smallest absolute Gasteiger partial charge is 0.305 e. The molecule has 1 aliphatic rings. The zero-order valence-electron chi connectivity index (χ0n) is 13.4. The molecule has 0 saturated carbocycles. The van der Waals surface area contributed by atoms with Crippen LogP contribution in [0.5, 0.6) is 0 Å². The van der Waals surface area contributed by atoms with E-state index in [0.29, 0.717) is 12.5 Å². The highest BCUT2D eigenvalue weighted by Crippen LogP contribution is 2.12. The summed E-state index contributed by atoms with van der Waals surface area (Å²) in [6.45, 7) is 5.78. The third kappa shape index (κ3) is 5.75. The average Bonchev–Trinajstić information content (AvgIpc) is 2.76. The molecule has 1 fully saturated rings. The van der Waals surface area contributed by atoms with E-state index in [1.807, 2.05) is 12.4 Å². The summed E-state index contributed by atoms with van der Waals surface area (Å²) in [4.78, 5) is 15.2. The molecule has 0 aromatic carbocycles. The zero-order chi connectivity index (χ0) is 15.9. The third-order valence-electron chi connectivity index (χ3n) is 3.69. The fraction of sp³-hybridized carbons (Fsp3) is 0.733. The maximum atomic E-state index is 10.6. The molecule has 1 unspecified atom stereocenters. The van der Waals surface area contributed by atoms with Crippen molar-refractivity contribution < 1.29 is 14.6 Å². The Hall–Kier alpha value is -1.44. The van der Waals surface area contributed by atoms with Crippen LogP contribution in [0.15, 0.2) is 12.4 Å². The Morgan fingerprint density at radius 1 is 1.55 bits per heavy atom. The third-order valence-corrected chi connectivity index (χ3v) is 3.69. The van der Waals surface area contributed by atoms with Gasteiger partial charge in [0.05, 0.1) is 32.4 Å². The quantitative estimate of drug-likeness (QED) is 0.784. The number of carboxylic acids is 1. The van der Waals surface area contributed by atoms with Crippen molar-refractivity contribution in [1.29, 1.82) is 0 Å². The molecule has 0 radical (unpaired) electrons. The number of rotatable bonds is 7. The van der Waals surface area contributed by atoms with Gasteiger partial charge in [-0.1, -0.05) is 0 Å². The van der Waals surface area contributed by atoms with Crippen LogP contribution in [0.4, 0.5) is 0 Å². The highest BCUT2D eigenvalue weighted by Gasteiger charge is 2.19. The van der Waals surface area contributed by atoms with Gasteiger partial charge in [-0.25, -0.2) is 0 Å². The van der Waals surface area contributed by atoms with Gasteiger partial charge in [0.2, 0.25) is 0 Å². The van der Waals surface area contributed by atoms with Crippen LogP contribution in [0.25, 0.3) is 0 Å². The number of aryl methyl sites for hydroxylation is 1. The molecule has 0 bridgehead atoms. The van der Waals surface area contributed by atoms with Crippen LogP contribution in [0.1, 0.15) is 12.0 Å². The molecule has 0 spiro atoms. The van der Waals surface area contributed by atoms with E-state index in [-0.39, 0.29) is 6.42 Å². The van der Waals surface area contributed by atoms with Crippen LogP contribution < -0.4 is 0 Å². The van der Waals surface area contributed by atoms with Crippen molar-refractivity contribution >= 4 is 5.97 Å². The highest BCUT2D eigenvalue weighted by molar-refractivity contribution is 5.66. The topological polar surface area (TPSA) is 70.8 Å². The Morgan fingerprint density at radius 2 is 2.36 bits per heavy atom. The maximum absolute atomic E-state index is 10.6. The molecule has 1 aromatic rings. The van der Waals surface area contributed by atoms with Gasteiger partial charge in [-0.3, -0.25) is 14.4 Å². The second kappa shape index (κ2) is 8.26. The summed E-state index contributed by atoms with van der Waals surface area (Å²) >= 11 is 0. The van der Waals surface area contributed by atoms with Crippen LogP contribution in [-0.2, 0) is 22.6 Å². The lowest BCUT2D eigenvalue weighted by molar-refractivity contribution is -0.137. The van der Waals surface area contributed by atoms with Crippen molar-refractivity contribution in [3.05, 3.63) is 18.0 Å². The van der Waals surface area contributed by atoms with Crippen molar-refractivity contribution in [2.75, 3.05) is 46.9 Å². The molecule has 0 amide bonds. The van der Waals surface area contributed by atoms with Gasteiger partial charge in [0.25, 0.3) is 0 Å². The molecule has 1 aromatic heterocycles. The standard InChI is InChI=1S/C15H26N4O3/c1-17(2)8-14-10-18(5-6-22-12-14)9-13-7-16-19(11-13)4-3-15(20)21/h7,11,14H,3-6,8-10,12H2,1-2H3,(H,20,21). The molecule has 1 saturated heterocycles. The lowest BCUT2D eigenvalue weighted by Crippen LogP contribution is -2.34. The second-order valence-electron chi connectivity index (χ2n) is 6.19. The predicted octanol–water partition coefficient (Wildman–Crippen LogP) is 0.368. The Kier molecular flexibility index (Phi) is 6.35.